The first kappa shape index (κ1) is 24.2. The number of hydrogen-bond acceptors (Lipinski definition) is 10. The van der Waals surface area contributed by atoms with E-state index in [0.717, 1.165) is 14.2 Å². The predicted molar refractivity (Wildman–Crippen MR) is 112 cm³/mol. The highest BCUT2D eigenvalue weighted by Gasteiger charge is 2.78. The molecule has 3 atom stereocenters. The smallest absolute Gasteiger partial charge is 0.339 e. The Labute approximate surface area is 190 Å². The summed E-state index contributed by atoms with van der Waals surface area (Å²) in [5, 5.41) is 2.77. The molecule has 1 spiro atoms. The second-order valence-corrected chi connectivity index (χ2v) is 7.56. The van der Waals surface area contributed by atoms with Gasteiger partial charge in [-0.05, 0) is 19.9 Å². The monoisotopic (exact) mass is 462 g/mol. The number of benzene rings is 1. The second kappa shape index (κ2) is 8.81. The average Bonchev–Trinajstić information content (AvgIpc) is 3.26. The Morgan fingerprint density at radius 3 is 1.97 bits per heavy atom. The second-order valence-electron chi connectivity index (χ2n) is 7.56. The predicted octanol–water partition coefficient (Wildman–Crippen LogP) is -0.0951. The molecule has 1 aromatic rings. The van der Waals surface area contributed by atoms with Crippen LogP contribution in [0.2, 0.25) is 0 Å². The van der Waals surface area contributed by atoms with E-state index in [1.54, 1.807) is 24.3 Å². The Bertz CT molecular complexity index is 989. The van der Waals surface area contributed by atoms with Crippen molar-refractivity contribution in [2.24, 2.45) is 11.8 Å². The van der Waals surface area contributed by atoms with Crippen molar-refractivity contribution >= 4 is 35.5 Å². The topological polar surface area (TPSA) is 138 Å². The van der Waals surface area contributed by atoms with Crippen molar-refractivity contribution in [1.29, 1.82) is 0 Å². The molecule has 2 aliphatic heterocycles. The molecule has 0 aliphatic carbocycles. The number of nitrogens with zero attached hydrogens (tertiary/aromatic N) is 1. The molecule has 1 unspecified atom stereocenters. The lowest BCUT2D eigenvalue weighted by Crippen LogP contribution is -2.65. The zero-order valence-corrected chi connectivity index (χ0v) is 19.0. The van der Waals surface area contributed by atoms with Crippen LogP contribution in [0.1, 0.15) is 19.4 Å². The van der Waals surface area contributed by atoms with E-state index in [4.69, 9.17) is 18.9 Å². The maximum absolute atomic E-state index is 13.7. The molecule has 0 aromatic heterocycles. The van der Waals surface area contributed by atoms with Crippen molar-refractivity contribution in [2.45, 2.75) is 24.9 Å². The molecular formula is C22H26N2O9. The largest absolute Gasteiger partial charge is 0.469 e. The fourth-order valence-corrected chi connectivity index (χ4v) is 4.79. The van der Waals surface area contributed by atoms with Gasteiger partial charge in [0.25, 0.3) is 5.91 Å². The molecule has 0 radical (unpaired) electrons. The van der Waals surface area contributed by atoms with Crippen LogP contribution >= 0.6 is 0 Å². The molecule has 0 bridgehead atoms. The van der Waals surface area contributed by atoms with Gasteiger partial charge >= 0.3 is 23.9 Å². The highest BCUT2D eigenvalue weighted by atomic mass is 16.6. The maximum atomic E-state index is 13.7. The van der Waals surface area contributed by atoms with Crippen molar-refractivity contribution in [3.63, 3.8) is 0 Å². The highest BCUT2D eigenvalue weighted by Crippen LogP contribution is 2.55. The van der Waals surface area contributed by atoms with Gasteiger partial charge in [0.2, 0.25) is 5.54 Å². The summed E-state index contributed by atoms with van der Waals surface area (Å²) < 4.78 is 20.2. The molecule has 1 N–H and O–H groups in total. The first-order valence-corrected chi connectivity index (χ1v) is 10.4. The van der Waals surface area contributed by atoms with Crippen LogP contribution in [-0.4, -0.2) is 69.8 Å². The van der Waals surface area contributed by atoms with Crippen LogP contribution in [0.4, 0.5) is 5.69 Å². The molecule has 1 saturated heterocycles. The van der Waals surface area contributed by atoms with Gasteiger partial charge in [0.1, 0.15) is 17.4 Å². The molecule has 1 amide bonds. The Hall–Kier alpha value is -3.47. The van der Waals surface area contributed by atoms with Crippen molar-refractivity contribution in [1.82, 2.24) is 5.32 Å². The summed E-state index contributed by atoms with van der Waals surface area (Å²) in [6.07, 6.45) is 0. The molecule has 11 heteroatoms. The minimum Gasteiger partial charge on any atom is -0.469 e. The maximum Gasteiger partial charge on any atom is 0.339 e. The van der Waals surface area contributed by atoms with E-state index in [0.29, 0.717) is 5.69 Å². The molecule has 178 valence electrons. The number of anilines is 1. The molecule has 2 heterocycles. The van der Waals surface area contributed by atoms with E-state index in [1.165, 1.54) is 25.8 Å². The summed E-state index contributed by atoms with van der Waals surface area (Å²) in [4.78, 5) is 68.0. The summed E-state index contributed by atoms with van der Waals surface area (Å²) in [5.74, 6) is -8.57. The summed E-state index contributed by atoms with van der Waals surface area (Å²) in [6.45, 7) is 2.73. The SMILES string of the molecule is CCOC(=O)C1(C(=O)OCC)NC2(C(=O)N(C)c3ccccc32)[C@H](C(=O)OC)[C@@H]1C(=O)OC. The fraction of sp³-hybridized carbons (Fsp3) is 0.500. The zero-order valence-electron chi connectivity index (χ0n) is 19.0. The van der Waals surface area contributed by atoms with Gasteiger partial charge in [-0.1, -0.05) is 18.2 Å². The number of nitrogens with one attached hydrogen (secondary N) is 1. The molecule has 11 nitrogen and oxygen atoms in total. The molecule has 1 fully saturated rings. The normalized spacial score (nSPS) is 24.9. The quantitative estimate of drug-likeness (QED) is 0.347. The van der Waals surface area contributed by atoms with E-state index in [9.17, 15) is 24.0 Å². The van der Waals surface area contributed by atoms with Gasteiger partial charge in [0.15, 0.2) is 0 Å². The van der Waals surface area contributed by atoms with Crippen LogP contribution in [0.3, 0.4) is 0 Å². The van der Waals surface area contributed by atoms with Crippen molar-refractivity contribution in [3.05, 3.63) is 29.8 Å². The number of ether oxygens (including phenoxy) is 4. The lowest BCUT2D eigenvalue weighted by Gasteiger charge is -2.31. The third kappa shape index (κ3) is 3.17. The van der Waals surface area contributed by atoms with Crippen LogP contribution in [0, 0.1) is 11.8 Å². The highest BCUT2D eigenvalue weighted by molar-refractivity contribution is 6.17. The Balaban J connectivity index is 2.43. The number of methoxy groups -OCH3 is 2. The third-order valence-electron chi connectivity index (χ3n) is 6.10. The number of carbonyl (C=O) groups excluding carboxylic acids is 5. The average molecular weight is 462 g/mol. The van der Waals surface area contributed by atoms with Crippen molar-refractivity contribution in [2.75, 3.05) is 39.4 Å². The van der Waals surface area contributed by atoms with Crippen LogP contribution < -0.4 is 10.2 Å². The fourth-order valence-electron chi connectivity index (χ4n) is 4.79. The number of amides is 1. The van der Waals surface area contributed by atoms with Crippen LogP contribution in [-0.2, 0) is 48.5 Å². The van der Waals surface area contributed by atoms with E-state index in [-0.39, 0.29) is 18.8 Å². The summed E-state index contributed by atoms with van der Waals surface area (Å²) >= 11 is 0. The Morgan fingerprint density at radius 1 is 0.939 bits per heavy atom. The standard InChI is InChI=1S/C22H26N2O9/c1-6-32-19(28)22(20(29)33-7-2)15(17(26)31-5)14(16(25)30-4)21(23-22)12-10-8-9-11-13(12)24(3)18(21)27/h8-11,14-15,23H,6-7H2,1-5H3/t14-,15+,21?/m0/s1. The number of likely N-dealkylation sites (N-methyl/N-ethyl adjacent to an activating group) is 1. The minimum atomic E-state index is -2.55. The molecule has 0 saturated carbocycles. The summed E-state index contributed by atoms with van der Waals surface area (Å²) in [5.41, 5.74) is -3.84. The van der Waals surface area contributed by atoms with Crippen LogP contribution in [0.15, 0.2) is 24.3 Å². The summed E-state index contributed by atoms with van der Waals surface area (Å²) in [6, 6.07) is 6.52. The van der Waals surface area contributed by atoms with Gasteiger partial charge in [-0.15, -0.1) is 0 Å². The van der Waals surface area contributed by atoms with Gasteiger partial charge < -0.3 is 23.8 Å². The number of esters is 4. The number of hydrogen-bond donors (Lipinski definition) is 1. The van der Waals surface area contributed by atoms with Gasteiger partial charge in [-0.2, -0.15) is 0 Å². The van der Waals surface area contributed by atoms with E-state index in [2.05, 4.69) is 5.32 Å². The number of para-hydroxylation sites is 1. The van der Waals surface area contributed by atoms with Crippen LogP contribution in [0.5, 0.6) is 0 Å². The van der Waals surface area contributed by atoms with Gasteiger partial charge in [0.05, 0.1) is 27.4 Å². The lowest BCUT2D eigenvalue weighted by atomic mass is 9.72. The molecule has 33 heavy (non-hydrogen) atoms. The molecular weight excluding hydrogens is 436 g/mol. The Morgan fingerprint density at radius 2 is 1.45 bits per heavy atom. The van der Waals surface area contributed by atoms with Crippen LogP contribution in [0.25, 0.3) is 0 Å². The van der Waals surface area contributed by atoms with Crippen molar-refractivity contribution < 1.29 is 42.9 Å². The number of rotatable bonds is 6. The third-order valence-corrected chi connectivity index (χ3v) is 6.10. The molecule has 1 aromatic carbocycles. The van der Waals surface area contributed by atoms with E-state index < -0.39 is 52.7 Å². The minimum absolute atomic E-state index is 0.143. The van der Waals surface area contributed by atoms with Gasteiger partial charge in [-0.25, -0.2) is 9.59 Å². The number of fused-ring (bicyclic) bond motifs is 2. The van der Waals surface area contributed by atoms with Gasteiger partial charge in [0, 0.05) is 18.3 Å². The first-order chi connectivity index (χ1) is 15.7. The molecule has 2 aliphatic rings. The lowest BCUT2D eigenvalue weighted by molar-refractivity contribution is -0.175. The number of carbonyl (C=O) groups is 5. The van der Waals surface area contributed by atoms with Gasteiger partial charge in [-0.3, -0.25) is 19.7 Å². The Kier molecular flexibility index (Phi) is 6.46. The van der Waals surface area contributed by atoms with E-state index >= 15 is 0 Å². The zero-order chi connectivity index (χ0) is 24.6. The summed E-state index contributed by atoms with van der Waals surface area (Å²) in [7, 11) is 3.60. The van der Waals surface area contributed by atoms with E-state index in [1.807, 2.05) is 0 Å². The first-order valence-electron chi connectivity index (χ1n) is 10.4. The molecule has 3 rings (SSSR count). The van der Waals surface area contributed by atoms with Crippen molar-refractivity contribution in [3.8, 4) is 0 Å².